The van der Waals surface area contributed by atoms with Gasteiger partial charge in [-0.25, -0.2) is 4.39 Å². The van der Waals surface area contributed by atoms with Gasteiger partial charge in [0.2, 0.25) is 5.91 Å². The van der Waals surface area contributed by atoms with E-state index in [1.54, 1.807) is 42.7 Å². The summed E-state index contributed by atoms with van der Waals surface area (Å²) in [6.45, 7) is 1.39. The average Bonchev–Trinajstić information content (AvgIpc) is 3.01. The zero-order valence-electron chi connectivity index (χ0n) is 13.7. The summed E-state index contributed by atoms with van der Waals surface area (Å²) in [5.74, 6) is 0.194. The molecule has 0 spiro atoms. The highest BCUT2D eigenvalue weighted by atomic mass is 19.1. The molecular weight excluding hydrogens is 319 g/mol. The predicted molar refractivity (Wildman–Crippen MR) is 95.5 cm³/mol. The molecule has 0 atom stereocenters. The minimum atomic E-state index is -0.497. The maximum atomic E-state index is 12.5. The van der Waals surface area contributed by atoms with Crippen LogP contribution in [0.5, 0.6) is 0 Å². The largest absolute Gasteiger partial charge is 0.305 e. The van der Waals surface area contributed by atoms with Gasteiger partial charge in [-0.15, -0.1) is 0 Å². The van der Waals surface area contributed by atoms with Crippen LogP contribution in [-0.2, 0) is 11.5 Å². The van der Waals surface area contributed by atoms with Crippen LogP contribution < -0.4 is 5.32 Å². The zero-order valence-corrected chi connectivity index (χ0v) is 13.7. The second kappa shape index (κ2) is 7.53. The van der Waals surface area contributed by atoms with E-state index in [1.165, 1.54) is 6.08 Å². The van der Waals surface area contributed by atoms with E-state index in [9.17, 15) is 9.18 Å². The smallest absolute Gasteiger partial charge is 0.249 e. The van der Waals surface area contributed by atoms with Gasteiger partial charge in [-0.05, 0) is 36.3 Å². The molecule has 1 amide bonds. The van der Waals surface area contributed by atoms with Crippen molar-refractivity contribution in [3.05, 3.63) is 71.6 Å². The number of carbonyl (C=O) groups is 1. The van der Waals surface area contributed by atoms with Crippen LogP contribution in [0.25, 0.3) is 17.3 Å². The van der Waals surface area contributed by atoms with Gasteiger partial charge in [0.05, 0.1) is 5.69 Å². The third-order valence-corrected chi connectivity index (χ3v) is 3.78. The van der Waals surface area contributed by atoms with Gasteiger partial charge in [-0.1, -0.05) is 24.3 Å². The van der Waals surface area contributed by atoms with E-state index in [0.29, 0.717) is 11.4 Å². The number of benzene rings is 1. The molecular formula is C19H17FN4O. The van der Waals surface area contributed by atoms with Crippen molar-refractivity contribution in [1.29, 1.82) is 0 Å². The lowest BCUT2D eigenvalue weighted by Crippen LogP contribution is -2.09. The van der Waals surface area contributed by atoms with Crippen LogP contribution in [0.4, 0.5) is 10.2 Å². The van der Waals surface area contributed by atoms with E-state index in [-0.39, 0.29) is 5.91 Å². The van der Waals surface area contributed by atoms with E-state index in [1.807, 2.05) is 19.1 Å². The molecule has 0 unspecified atom stereocenters. The first-order valence-electron chi connectivity index (χ1n) is 7.76. The fourth-order valence-electron chi connectivity index (χ4n) is 2.37. The lowest BCUT2D eigenvalue weighted by atomic mass is 10.1. The van der Waals surface area contributed by atoms with Gasteiger partial charge in [0.25, 0.3) is 0 Å². The second-order valence-corrected chi connectivity index (χ2v) is 5.51. The SMILES string of the molecule is Cc1c(NC(=O)C=Cc2ccc(CF)cc2)n[nH]c1-c1ccncc1. The highest BCUT2D eigenvalue weighted by Crippen LogP contribution is 2.25. The minimum absolute atomic E-state index is 0.287. The Morgan fingerprint density at radius 1 is 1.20 bits per heavy atom. The summed E-state index contributed by atoms with van der Waals surface area (Å²) in [7, 11) is 0. The average molecular weight is 336 g/mol. The Bertz CT molecular complexity index is 886. The molecule has 2 aromatic heterocycles. The summed E-state index contributed by atoms with van der Waals surface area (Å²) in [6, 6.07) is 10.6. The number of nitrogens with one attached hydrogen (secondary N) is 2. The highest BCUT2D eigenvalue weighted by molar-refractivity contribution is 6.02. The van der Waals surface area contributed by atoms with E-state index >= 15 is 0 Å². The van der Waals surface area contributed by atoms with Crippen LogP contribution in [0.1, 0.15) is 16.7 Å². The molecule has 5 nitrogen and oxygen atoms in total. The molecule has 0 radical (unpaired) electrons. The van der Waals surface area contributed by atoms with E-state index in [0.717, 1.165) is 22.4 Å². The number of aromatic amines is 1. The number of rotatable bonds is 5. The number of carbonyl (C=O) groups excluding carboxylic acids is 1. The van der Waals surface area contributed by atoms with Crippen LogP contribution in [0.15, 0.2) is 54.9 Å². The summed E-state index contributed by atoms with van der Waals surface area (Å²) >= 11 is 0. The summed E-state index contributed by atoms with van der Waals surface area (Å²) in [5, 5.41) is 9.84. The van der Waals surface area contributed by atoms with Crippen molar-refractivity contribution in [2.24, 2.45) is 0 Å². The summed E-state index contributed by atoms with van der Waals surface area (Å²) in [4.78, 5) is 16.1. The molecule has 0 aliphatic carbocycles. The molecule has 2 heterocycles. The molecule has 0 aliphatic heterocycles. The number of H-pyrrole nitrogens is 1. The number of amides is 1. The molecule has 126 valence electrons. The summed E-state index contributed by atoms with van der Waals surface area (Å²) in [6.07, 6.45) is 6.49. The maximum Gasteiger partial charge on any atom is 0.249 e. The Labute approximate surface area is 144 Å². The van der Waals surface area contributed by atoms with Gasteiger partial charge in [0.1, 0.15) is 6.67 Å². The number of pyridine rings is 1. The topological polar surface area (TPSA) is 70.7 Å². The molecule has 0 fully saturated rings. The van der Waals surface area contributed by atoms with Crippen molar-refractivity contribution in [1.82, 2.24) is 15.2 Å². The molecule has 25 heavy (non-hydrogen) atoms. The number of nitrogens with zero attached hydrogens (tertiary/aromatic N) is 2. The molecule has 0 saturated carbocycles. The number of hydrogen-bond donors (Lipinski definition) is 2. The van der Waals surface area contributed by atoms with Crippen molar-refractivity contribution in [2.75, 3.05) is 5.32 Å². The van der Waals surface area contributed by atoms with E-state index < -0.39 is 6.67 Å². The maximum absolute atomic E-state index is 12.5. The Morgan fingerprint density at radius 3 is 2.60 bits per heavy atom. The second-order valence-electron chi connectivity index (χ2n) is 5.51. The van der Waals surface area contributed by atoms with Gasteiger partial charge in [0.15, 0.2) is 5.82 Å². The number of hydrogen-bond acceptors (Lipinski definition) is 3. The third-order valence-electron chi connectivity index (χ3n) is 3.78. The standard InChI is InChI=1S/C19H17FN4O/c1-13-18(16-8-10-21-11-9-16)23-24-19(13)22-17(25)7-6-14-2-4-15(12-20)5-3-14/h2-11H,12H2,1H3,(H2,22,23,24,25). The van der Waals surface area contributed by atoms with Crippen molar-refractivity contribution < 1.29 is 9.18 Å². The van der Waals surface area contributed by atoms with Crippen molar-refractivity contribution in [2.45, 2.75) is 13.6 Å². The van der Waals surface area contributed by atoms with Gasteiger partial charge in [-0.2, -0.15) is 5.10 Å². The fraction of sp³-hybridized carbons (Fsp3) is 0.105. The molecule has 0 aliphatic rings. The normalized spacial score (nSPS) is 11.0. The lowest BCUT2D eigenvalue weighted by molar-refractivity contribution is -0.111. The van der Waals surface area contributed by atoms with Crippen molar-refractivity contribution >= 4 is 17.8 Å². The minimum Gasteiger partial charge on any atom is -0.305 e. The Hall–Kier alpha value is -3.28. The van der Waals surface area contributed by atoms with E-state index in [4.69, 9.17) is 0 Å². The van der Waals surface area contributed by atoms with Crippen LogP contribution in [0.3, 0.4) is 0 Å². The van der Waals surface area contributed by atoms with Crippen molar-refractivity contribution in [3.8, 4) is 11.3 Å². The molecule has 3 aromatic rings. The monoisotopic (exact) mass is 336 g/mol. The first kappa shape index (κ1) is 16.6. The zero-order chi connectivity index (χ0) is 17.6. The molecule has 6 heteroatoms. The number of aromatic nitrogens is 3. The Kier molecular flexibility index (Phi) is 4.99. The lowest BCUT2D eigenvalue weighted by Gasteiger charge is -2.01. The van der Waals surface area contributed by atoms with Gasteiger partial charge < -0.3 is 5.32 Å². The Balaban J connectivity index is 1.69. The third kappa shape index (κ3) is 3.98. The number of halogens is 1. The molecule has 3 rings (SSSR count). The number of anilines is 1. The van der Waals surface area contributed by atoms with Crippen LogP contribution in [0, 0.1) is 6.92 Å². The first-order chi connectivity index (χ1) is 12.2. The molecule has 0 saturated heterocycles. The van der Waals surface area contributed by atoms with Gasteiger partial charge in [0, 0.05) is 29.6 Å². The van der Waals surface area contributed by atoms with Crippen LogP contribution in [-0.4, -0.2) is 21.1 Å². The molecule has 0 bridgehead atoms. The summed E-state index contributed by atoms with van der Waals surface area (Å²) < 4.78 is 12.5. The molecule has 1 aromatic carbocycles. The first-order valence-corrected chi connectivity index (χ1v) is 7.76. The molecule has 2 N–H and O–H groups in total. The van der Waals surface area contributed by atoms with E-state index in [2.05, 4.69) is 20.5 Å². The fourth-order valence-corrected chi connectivity index (χ4v) is 2.37. The number of alkyl halides is 1. The quantitative estimate of drug-likeness (QED) is 0.694. The highest BCUT2D eigenvalue weighted by Gasteiger charge is 2.11. The van der Waals surface area contributed by atoms with Gasteiger partial charge >= 0.3 is 0 Å². The van der Waals surface area contributed by atoms with Crippen molar-refractivity contribution in [3.63, 3.8) is 0 Å². The predicted octanol–water partition coefficient (Wildman–Crippen LogP) is 3.90. The van der Waals surface area contributed by atoms with Gasteiger partial charge in [-0.3, -0.25) is 14.9 Å². The Morgan fingerprint density at radius 2 is 1.92 bits per heavy atom. The summed E-state index contributed by atoms with van der Waals surface area (Å²) in [5.41, 5.74) is 4.06. The van der Waals surface area contributed by atoms with Crippen LogP contribution >= 0.6 is 0 Å². The van der Waals surface area contributed by atoms with Crippen LogP contribution in [0.2, 0.25) is 0 Å².